The molecular weight excluding hydrogens is 238 g/mol. The number of nitrogens with zero attached hydrogens (tertiary/aromatic N) is 1. The molecule has 1 aromatic heterocycles. The summed E-state index contributed by atoms with van der Waals surface area (Å²) in [4.78, 5) is 7.66. The van der Waals surface area contributed by atoms with Crippen LogP contribution in [-0.4, -0.2) is 23.1 Å². The first-order valence-corrected chi connectivity index (χ1v) is 6.64. The number of imidazole rings is 1. The van der Waals surface area contributed by atoms with Gasteiger partial charge in [0.1, 0.15) is 11.6 Å². The highest BCUT2D eigenvalue weighted by atomic mass is 16.5. The average Bonchev–Trinajstić information content (AvgIpc) is 2.82. The molecule has 2 aromatic rings. The van der Waals surface area contributed by atoms with Crippen LogP contribution in [0.25, 0.3) is 11.3 Å². The van der Waals surface area contributed by atoms with Gasteiger partial charge in [0.2, 0.25) is 0 Å². The zero-order valence-corrected chi connectivity index (χ0v) is 11.8. The van der Waals surface area contributed by atoms with Gasteiger partial charge in [-0.3, -0.25) is 0 Å². The van der Waals surface area contributed by atoms with Crippen LogP contribution in [0, 0.1) is 13.8 Å². The van der Waals surface area contributed by atoms with E-state index in [9.17, 15) is 0 Å². The Balaban J connectivity index is 2.36. The normalized spacial score (nSPS) is 10.7. The van der Waals surface area contributed by atoms with Crippen LogP contribution >= 0.6 is 0 Å². The number of aryl methyl sites for hydroxylation is 2. The van der Waals surface area contributed by atoms with Gasteiger partial charge in [0.25, 0.3) is 0 Å². The van der Waals surface area contributed by atoms with Crippen molar-refractivity contribution in [1.82, 2.24) is 9.97 Å². The molecule has 0 amide bonds. The fourth-order valence-corrected chi connectivity index (χ4v) is 2.15. The Morgan fingerprint density at radius 3 is 2.74 bits per heavy atom. The standard InChI is InChI=1S/C15H21N3O/c1-4-19-14-8-10(2)12(7-11(14)3)13-9-17-15(18-13)5-6-16/h7-9H,4-6,16H2,1-3H3,(H,17,18). The maximum atomic E-state index is 5.61. The summed E-state index contributed by atoms with van der Waals surface area (Å²) in [5, 5.41) is 0. The molecule has 0 atom stereocenters. The number of aromatic amines is 1. The van der Waals surface area contributed by atoms with Gasteiger partial charge in [-0.05, 0) is 50.6 Å². The first-order chi connectivity index (χ1) is 9.15. The second-order valence-corrected chi connectivity index (χ2v) is 4.65. The maximum absolute atomic E-state index is 5.61. The minimum atomic E-state index is 0.605. The van der Waals surface area contributed by atoms with Crippen LogP contribution in [0.5, 0.6) is 5.75 Å². The molecule has 0 aliphatic carbocycles. The molecule has 1 heterocycles. The summed E-state index contributed by atoms with van der Waals surface area (Å²) in [5.41, 5.74) is 10.1. The number of H-pyrrole nitrogens is 1. The third-order valence-corrected chi connectivity index (χ3v) is 3.12. The lowest BCUT2D eigenvalue weighted by atomic mass is 10.0. The molecule has 2 rings (SSSR count). The van der Waals surface area contributed by atoms with Gasteiger partial charge in [0, 0.05) is 12.0 Å². The lowest BCUT2D eigenvalue weighted by Gasteiger charge is -2.11. The van der Waals surface area contributed by atoms with Crippen LogP contribution in [0.2, 0.25) is 0 Å². The molecule has 0 spiro atoms. The minimum absolute atomic E-state index is 0.605. The van der Waals surface area contributed by atoms with Gasteiger partial charge in [-0.2, -0.15) is 0 Å². The van der Waals surface area contributed by atoms with Crippen molar-refractivity contribution in [3.05, 3.63) is 35.3 Å². The topological polar surface area (TPSA) is 63.9 Å². The summed E-state index contributed by atoms with van der Waals surface area (Å²) in [6.45, 7) is 7.43. The van der Waals surface area contributed by atoms with Gasteiger partial charge in [-0.15, -0.1) is 0 Å². The van der Waals surface area contributed by atoms with Crippen LogP contribution in [-0.2, 0) is 6.42 Å². The number of nitrogens with two attached hydrogens (primary N) is 1. The molecule has 0 unspecified atom stereocenters. The number of aromatic nitrogens is 2. The Kier molecular flexibility index (Phi) is 4.22. The Bertz CT molecular complexity index is 561. The number of rotatable bonds is 5. The largest absolute Gasteiger partial charge is 0.494 e. The number of ether oxygens (including phenoxy) is 1. The zero-order chi connectivity index (χ0) is 13.8. The van der Waals surface area contributed by atoms with Crippen LogP contribution < -0.4 is 10.5 Å². The molecule has 0 fully saturated rings. The molecule has 0 saturated heterocycles. The van der Waals surface area contributed by atoms with Gasteiger partial charge in [-0.25, -0.2) is 4.98 Å². The quantitative estimate of drug-likeness (QED) is 0.867. The van der Waals surface area contributed by atoms with Crippen LogP contribution in [0.15, 0.2) is 18.3 Å². The smallest absolute Gasteiger partial charge is 0.122 e. The van der Waals surface area contributed by atoms with E-state index in [1.807, 2.05) is 13.1 Å². The summed E-state index contributed by atoms with van der Waals surface area (Å²) in [6, 6.07) is 4.22. The summed E-state index contributed by atoms with van der Waals surface area (Å²) >= 11 is 0. The molecular formula is C15H21N3O. The molecule has 19 heavy (non-hydrogen) atoms. The molecule has 4 heteroatoms. The average molecular weight is 259 g/mol. The van der Waals surface area contributed by atoms with Crippen LogP contribution in [0.4, 0.5) is 0 Å². The van der Waals surface area contributed by atoms with E-state index in [1.165, 1.54) is 5.56 Å². The van der Waals surface area contributed by atoms with Crippen molar-refractivity contribution >= 4 is 0 Å². The van der Waals surface area contributed by atoms with Crippen molar-refractivity contribution in [3.8, 4) is 17.0 Å². The maximum Gasteiger partial charge on any atom is 0.122 e. The highest BCUT2D eigenvalue weighted by Gasteiger charge is 2.09. The second-order valence-electron chi connectivity index (χ2n) is 4.65. The van der Waals surface area contributed by atoms with E-state index in [0.29, 0.717) is 13.2 Å². The van der Waals surface area contributed by atoms with E-state index in [1.54, 1.807) is 0 Å². The van der Waals surface area contributed by atoms with E-state index in [-0.39, 0.29) is 0 Å². The van der Waals surface area contributed by atoms with E-state index >= 15 is 0 Å². The van der Waals surface area contributed by atoms with Gasteiger partial charge in [0.15, 0.2) is 0 Å². The highest BCUT2D eigenvalue weighted by Crippen LogP contribution is 2.29. The molecule has 3 N–H and O–H groups in total. The first kappa shape index (κ1) is 13.6. The Hall–Kier alpha value is -1.81. The zero-order valence-electron chi connectivity index (χ0n) is 11.8. The molecule has 0 aliphatic heterocycles. The van der Waals surface area contributed by atoms with Crippen LogP contribution in [0.3, 0.4) is 0 Å². The summed E-state index contributed by atoms with van der Waals surface area (Å²) in [5.74, 6) is 1.88. The molecule has 102 valence electrons. The van der Waals surface area contributed by atoms with Crippen molar-refractivity contribution in [1.29, 1.82) is 0 Å². The predicted molar refractivity (Wildman–Crippen MR) is 77.4 cm³/mol. The third kappa shape index (κ3) is 2.96. The first-order valence-electron chi connectivity index (χ1n) is 6.64. The SMILES string of the molecule is CCOc1cc(C)c(-c2cnc(CCN)[nH]2)cc1C. The predicted octanol–water partition coefficient (Wildman–Crippen LogP) is 2.59. The number of hydrogen-bond donors (Lipinski definition) is 2. The van der Waals surface area contributed by atoms with Crippen molar-refractivity contribution < 1.29 is 4.74 Å². The number of hydrogen-bond acceptors (Lipinski definition) is 3. The number of benzene rings is 1. The molecule has 0 saturated carbocycles. The molecule has 4 nitrogen and oxygen atoms in total. The van der Waals surface area contributed by atoms with Crippen molar-refractivity contribution in [2.45, 2.75) is 27.2 Å². The van der Waals surface area contributed by atoms with E-state index in [2.05, 4.69) is 35.9 Å². The monoisotopic (exact) mass is 259 g/mol. The van der Waals surface area contributed by atoms with Gasteiger partial charge >= 0.3 is 0 Å². The van der Waals surface area contributed by atoms with Gasteiger partial charge < -0.3 is 15.5 Å². The third-order valence-electron chi connectivity index (χ3n) is 3.12. The van der Waals surface area contributed by atoms with Crippen molar-refractivity contribution in [2.24, 2.45) is 5.73 Å². The number of nitrogens with one attached hydrogen (secondary N) is 1. The van der Waals surface area contributed by atoms with E-state index < -0.39 is 0 Å². The van der Waals surface area contributed by atoms with Crippen LogP contribution in [0.1, 0.15) is 23.9 Å². The Labute approximate surface area is 114 Å². The summed E-state index contributed by atoms with van der Waals surface area (Å²) in [6.07, 6.45) is 2.64. The van der Waals surface area contributed by atoms with Crippen molar-refractivity contribution in [3.63, 3.8) is 0 Å². The lowest BCUT2D eigenvalue weighted by Crippen LogP contribution is -2.03. The Morgan fingerprint density at radius 1 is 1.26 bits per heavy atom. The molecule has 0 radical (unpaired) electrons. The fraction of sp³-hybridized carbons (Fsp3) is 0.400. The summed E-state index contributed by atoms with van der Waals surface area (Å²) in [7, 11) is 0. The highest BCUT2D eigenvalue weighted by molar-refractivity contribution is 5.66. The molecule has 1 aromatic carbocycles. The second kappa shape index (κ2) is 5.89. The summed E-state index contributed by atoms with van der Waals surface area (Å²) < 4.78 is 5.61. The Morgan fingerprint density at radius 2 is 2.05 bits per heavy atom. The van der Waals surface area contributed by atoms with Crippen molar-refractivity contribution in [2.75, 3.05) is 13.2 Å². The fourth-order valence-electron chi connectivity index (χ4n) is 2.15. The molecule has 0 bridgehead atoms. The molecule has 0 aliphatic rings. The minimum Gasteiger partial charge on any atom is -0.494 e. The lowest BCUT2D eigenvalue weighted by molar-refractivity contribution is 0.337. The van der Waals surface area contributed by atoms with Gasteiger partial charge in [0.05, 0.1) is 18.5 Å². The van der Waals surface area contributed by atoms with E-state index in [0.717, 1.165) is 34.8 Å². The van der Waals surface area contributed by atoms with E-state index in [4.69, 9.17) is 10.5 Å². The van der Waals surface area contributed by atoms with Gasteiger partial charge in [-0.1, -0.05) is 0 Å².